The number of rotatable bonds is 2. The van der Waals surface area contributed by atoms with Gasteiger partial charge in [-0.15, -0.1) is 0 Å². The molecule has 16 heavy (non-hydrogen) atoms. The largest absolute Gasteiger partial charge is 0.417 e. The molecule has 0 bridgehead atoms. The lowest BCUT2D eigenvalue weighted by Crippen LogP contribution is -2.26. The van der Waals surface area contributed by atoms with Crippen LogP contribution in [-0.4, -0.2) is 16.8 Å². The molecule has 0 radical (unpaired) electrons. The summed E-state index contributed by atoms with van der Waals surface area (Å²) in [5.74, 6) is -2.66. The first-order valence-electron chi connectivity index (χ1n) is 3.91. The van der Waals surface area contributed by atoms with Crippen LogP contribution in [0.1, 0.15) is 26.4 Å². The first-order chi connectivity index (χ1) is 7.25. The van der Waals surface area contributed by atoms with E-state index in [-0.39, 0.29) is 0 Å². The number of hydrogen-bond acceptors (Lipinski definition) is 3. The fourth-order valence-electron chi connectivity index (χ4n) is 1.13. The average Bonchev–Trinajstić information content (AvgIpc) is 2.14. The number of primary amides is 2. The summed E-state index contributed by atoms with van der Waals surface area (Å²) in [7, 11) is 0. The highest BCUT2D eigenvalue weighted by Gasteiger charge is 2.37. The number of aromatic nitrogens is 1. The van der Waals surface area contributed by atoms with E-state index in [1.165, 1.54) is 0 Å². The van der Waals surface area contributed by atoms with Crippen LogP contribution in [0.25, 0.3) is 0 Å². The Bertz CT molecular complexity index is 456. The Morgan fingerprint density at radius 3 is 2.12 bits per heavy atom. The van der Waals surface area contributed by atoms with E-state index in [0.717, 1.165) is 6.20 Å². The van der Waals surface area contributed by atoms with E-state index in [1.807, 2.05) is 0 Å². The van der Waals surface area contributed by atoms with Gasteiger partial charge in [-0.3, -0.25) is 14.6 Å². The van der Waals surface area contributed by atoms with E-state index in [9.17, 15) is 22.8 Å². The van der Waals surface area contributed by atoms with E-state index in [0.29, 0.717) is 6.07 Å². The third-order valence-corrected chi connectivity index (χ3v) is 1.74. The Hall–Kier alpha value is -2.12. The molecule has 8 heteroatoms. The highest BCUT2D eigenvalue weighted by atomic mass is 19.4. The summed E-state index contributed by atoms with van der Waals surface area (Å²) < 4.78 is 37.4. The molecule has 0 aliphatic rings. The summed E-state index contributed by atoms with van der Waals surface area (Å²) in [6, 6.07) is 0.548. The highest BCUT2D eigenvalue weighted by Crippen LogP contribution is 2.32. The van der Waals surface area contributed by atoms with E-state index >= 15 is 0 Å². The maximum absolute atomic E-state index is 12.5. The van der Waals surface area contributed by atoms with Gasteiger partial charge in [0.25, 0.3) is 11.8 Å². The van der Waals surface area contributed by atoms with Gasteiger partial charge in [0.2, 0.25) is 0 Å². The van der Waals surface area contributed by atoms with Gasteiger partial charge in [0.1, 0.15) is 5.69 Å². The SMILES string of the molecule is NC(=O)c1nccc(C(F)(F)F)c1C(N)=O. The Morgan fingerprint density at radius 1 is 1.19 bits per heavy atom. The number of carbonyl (C=O) groups is 2. The average molecular weight is 233 g/mol. The van der Waals surface area contributed by atoms with Crippen molar-refractivity contribution >= 4 is 11.8 Å². The molecule has 0 aromatic carbocycles. The minimum Gasteiger partial charge on any atom is -0.366 e. The summed E-state index contributed by atoms with van der Waals surface area (Å²) in [5, 5.41) is 0. The molecule has 1 aromatic heterocycles. The summed E-state index contributed by atoms with van der Waals surface area (Å²) in [6.07, 6.45) is -4.08. The second-order valence-electron chi connectivity index (χ2n) is 2.81. The third-order valence-electron chi connectivity index (χ3n) is 1.74. The van der Waals surface area contributed by atoms with Crippen molar-refractivity contribution in [3.63, 3.8) is 0 Å². The predicted molar refractivity (Wildman–Crippen MR) is 46.3 cm³/mol. The van der Waals surface area contributed by atoms with Crippen molar-refractivity contribution in [2.45, 2.75) is 6.18 Å². The normalized spacial score (nSPS) is 11.2. The van der Waals surface area contributed by atoms with Crippen molar-refractivity contribution < 1.29 is 22.8 Å². The van der Waals surface area contributed by atoms with Gasteiger partial charge in [0.15, 0.2) is 0 Å². The third kappa shape index (κ3) is 2.10. The molecule has 2 amide bonds. The van der Waals surface area contributed by atoms with Gasteiger partial charge in [-0.25, -0.2) is 0 Å². The van der Waals surface area contributed by atoms with Crippen molar-refractivity contribution in [3.05, 3.63) is 29.1 Å². The van der Waals surface area contributed by atoms with Crippen molar-refractivity contribution in [1.82, 2.24) is 4.98 Å². The smallest absolute Gasteiger partial charge is 0.366 e. The standard InChI is InChI=1S/C8H6F3N3O2/c9-8(10,11)3-1-2-14-5(7(13)16)4(3)6(12)15/h1-2H,(H2,12,15)(H2,13,16). The van der Waals surface area contributed by atoms with Gasteiger partial charge in [-0.05, 0) is 6.07 Å². The van der Waals surface area contributed by atoms with Crippen LogP contribution in [0.15, 0.2) is 12.3 Å². The summed E-state index contributed by atoms with van der Waals surface area (Å²) in [6.45, 7) is 0. The maximum Gasteiger partial charge on any atom is 0.417 e. The lowest BCUT2D eigenvalue weighted by atomic mass is 10.1. The molecule has 1 heterocycles. The molecule has 0 saturated heterocycles. The van der Waals surface area contributed by atoms with Gasteiger partial charge < -0.3 is 11.5 Å². The number of carbonyl (C=O) groups excluding carboxylic acids is 2. The van der Waals surface area contributed by atoms with Gasteiger partial charge in [0, 0.05) is 6.20 Å². The van der Waals surface area contributed by atoms with E-state index < -0.39 is 34.8 Å². The van der Waals surface area contributed by atoms with E-state index in [1.54, 1.807) is 0 Å². The number of alkyl halides is 3. The molecule has 0 fully saturated rings. The Labute approximate surface area is 87.2 Å². The van der Waals surface area contributed by atoms with E-state index in [4.69, 9.17) is 11.5 Å². The fraction of sp³-hybridized carbons (Fsp3) is 0.125. The minimum absolute atomic E-state index is 0.548. The van der Waals surface area contributed by atoms with Crippen LogP contribution in [0.3, 0.4) is 0 Å². The number of halogens is 3. The summed E-state index contributed by atoms with van der Waals surface area (Å²) in [4.78, 5) is 25.0. The predicted octanol–water partition coefficient (Wildman–Crippen LogP) is 0.298. The topological polar surface area (TPSA) is 99.1 Å². The molecule has 0 spiro atoms. The molecule has 5 nitrogen and oxygen atoms in total. The number of nitrogens with two attached hydrogens (primary N) is 2. The second kappa shape index (κ2) is 3.80. The summed E-state index contributed by atoms with van der Waals surface area (Å²) in [5.41, 5.74) is 6.42. The monoisotopic (exact) mass is 233 g/mol. The number of pyridine rings is 1. The molecule has 0 aliphatic heterocycles. The van der Waals surface area contributed by atoms with Crippen LogP contribution in [-0.2, 0) is 6.18 Å². The maximum atomic E-state index is 12.5. The zero-order valence-electron chi connectivity index (χ0n) is 7.71. The first kappa shape index (κ1) is 12.0. The fourth-order valence-corrected chi connectivity index (χ4v) is 1.13. The molecular weight excluding hydrogens is 227 g/mol. The van der Waals surface area contributed by atoms with E-state index in [2.05, 4.69) is 4.98 Å². The number of hydrogen-bond donors (Lipinski definition) is 2. The van der Waals surface area contributed by atoms with Crippen LogP contribution in [0, 0.1) is 0 Å². The highest BCUT2D eigenvalue weighted by molar-refractivity contribution is 6.05. The zero-order chi connectivity index (χ0) is 12.5. The van der Waals surface area contributed by atoms with Crippen LogP contribution < -0.4 is 11.5 Å². The lowest BCUT2D eigenvalue weighted by molar-refractivity contribution is -0.138. The van der Waals surface area contributed by atoms with Crippen molar-refractivity contribution in [2.24, 2.45) is 11.5 Å². The summed E-state index contributed by atoms with van der Waals surface area (Å²) >= 11 is 0. The zero-order valence-corrected chi connectivity index (χ0v) is 7.71. The van der Waals surface area contributed by atoms with Crippen molar-refractivity contribution in [1.29, 1.82) is 0 Å². The van der Waals surface area contributed by atoms with Crippen molar-refractivity contribution in [2.75, 3.05) is 0 Å². The van der Waals surface area contributed by atoms with Crippen molar-refractivity contribution in [3.8, 4) is 0 Å². The molecule has 0 saturated carbocycles. The Balaban J connectivity index is 3.58. The Kier molecular flexibility index (Phi) is 2.84. The van der Waals surface area contributed by atoms with Crippen LogP contribution in [0.4, 0.5) is 13.2 Å². The quantitative estimate of drug-likeness (QED) is 0.768. The molecule has 0 atom stereocenters. The number of amides is 2. The van der Waals surface area contributed by atoms with Gasteiger partial charge >= 0.3 is 6.18 Å². The Morgan fingerprint density at radius 2 is 1.75 bits per heavy atom. The number of nitrogens with zero attached hydrogens (tertiary/aromatic N) is 1. The van der Waals surface area contributed by atoms with Gasteiger partial charge in [-0.1, -0.05) is 0 Å². The molecule has 86 valence electrons. The molecule has 1 aromatic rings. The lowest BCUT2D eigenvalue weighted by Gasteiger charge is -2.11. The van der Waals surface area contributed by atoms with Crippen LogP contribution in [0.5, 0.6) is 0 Å². The first-order valence-corrected chi connectivity index (χ1v) is 3.91. The molecule has 0 aliphatic carbocycles. The van der Waals surface area contributed by atoms with Crippen LogP contribution in [0.2, 0.25) is 0 Å². The molecule has 1 rings (SSSR count). The van der Waals surface area contributed by atoms with Crippen LogP contribution >= 0.6 is 0 Å². The van der Waals surface area contributed by atoms with Gasteiger partial charge in [0.05, 0.1) is 11.1 Å². The molecule has 0 unspecified atom stereocenters. The molecular formula is C8H6F3N3O2. The van der Waals surface area contributed by atoms with Gasteiger partial charge in [-0.2, -0.15) is 13.2 Å². The minimum atomic E-state index is -4.81. The second-order valence-corrected chi connectivity index (χ2v) is 2.81. The molecule has 4 N–H and O–H groups in total.